The smallest absolute Gasteiger partial charge is 0.371 e. The Morgan fingerprint density at radius 1 is 1.05 bits per heavy atom. The van der Waals surface area contributed by atoms with Gasteiger partial charge in [-0.15, -0.1) is 0 Å². The highest BCUT2D eigenvalue weighted by atomic mass is 19.4. The molecule has 2 fully saturated rings. The Bertz CT molecular complexity index is 1130. The summed E-state index contributed by atoms with van der Waals surface area (Å²) in [6, 6.07) is 8.44. The number of carbonyl (C=O) groups is 1. The van der Waals surface area contributed by atoms with Gasteiger partial charge in [0.15, 0.2) is 0 Å². The second-order valence-electron chi connectivity index (χ2n) is 11.5. The molecule has 8 nitrogen and oxygen atoms in total. The molecule has 2 heterocycles. The Hall–Kier alpha value is -3.08. The van der Waals surface area contributed by atoms with Gasteiger partial charge in [-0.25, -0.2) is 4.98 Å². The fourth-order valence-electron chi connectivity index (χ4n) is 5.82. The summed E-state index contributed by atoms with van der Waals surface area (Å²) in [5.74, 6) is -0.825. The summed E-state index contributed by atoms with van der Waals surface area (Å²) in [6.07, 6.45) is 2.59. The maximum Gasteiger partial charge on any atom is 0.421 e. The third-order valence-corrected chi connectivity index (χ3v) is 8.14. The average Bonchev–Trinajstić information content (AvgIpc) is 3.40. The third-order valence-electron chi connectivity index (χ3n) is 8.14. The number of hydrogen-bond acceptors (Lipinski definition) is 7. The van der Waals surface area contributed by atoms with Crippen molar-refractivity contribution in [1.82, 2.24) is 20.6 Å². The standard InChI is InChI=1S/C30H44F3N7O/c1-5-20(6-2)36-22-14-16-40(17-15-22)23-12-10-21(11-13-23)37-29-34-18-25(30(31,32)33)27(39-29)38-26-9-7-8-24(26)28(41)35-19(3)4/h10-13,18-20,22,24,26,36H,5-9,14-17H2,1-4H3,(H,35,41)(H2,34,37,38,39)/t24-,26+/m0/s1. The van der Waals surface area contributed by atoms with Gasteiger partial charge in [-0.2, -0.15) is 18.2 Å². The number of rotatable bonds is 11. The molecule has 0 spiro atoms. The van der Waals surface area contributed by atoms with E-state index in [4.69, 9.17) is 0 Å². The maximum absolute atomic E-state index is 13.8. The normalized spacial score (nSPS) is 20.1. The van der Waals surface area contributed by atoms with Crippen LogP contribution in [0.25, 0.3) is 0 Å². The first-order valence-electron chi connectivity index (χ1n) is 15.0. The van der Waals surface area contributed by atoms with Crippen molar-refractivity contribution in [3.8, 4) is 0 Å². The number of anilines is 4. The van der Waals surface area contributed by atoms with Crippen molar-refractivity contribution < 1.29 is 18.0 Å². The van der Waals surface area contributed by atoms with Gasteiger partial charge in [-0.3, -0.25) is 4.79 Å². The summed E-state index contributed by atoms with van der Waals surface area (Å²) in [6.45, 7) is 10.1. The zero-order valence-corrected chi connectivity index (χ0v) is 24.5. The predicted octanol–water partition coefficient (Wildman–Crippen LogP) is 6.09. The number of amides is 1. The molecule has 11 heteroatoms. The zero-order chi connectivity index (χ0) is 29.6. The number of aromatic nitrogens is 2. The fraction of sp³-hybridized carbons (Fsp3) is 0.633. The van der Waals surface area contributed by atoms with Crippen molar-refractivity contribution in [3.63, 3.8) is 0 Å². The van der Waals surface area contributed by atoms with Crippen LogP contribution in [0.1, 0.15) is 78.2 Å². The van der Waals surface area contributed by atoms with Crippen molar-refractivity contribution >= 4 is 29.0 Å². The minimum absolute atomic E-state index is 0.0427. The van der Waals surface area contributed by atoms with Gasteiger partial charge in [-0.1, -0.05) is 20.3 Å². The first-order valence-corrected chi connectivity index (χ1v) is 15.0. The van der Waals surface area contributed by atoms with Crippen LogP contribution in [0, 0.1) is 5.92 Å². The molecule has 1 aliphatic carbocycles. The number of hydrogen-bond donors (Lipinski definition) is 4. The molecule has 0 unspecified atom stereocenters. The Labute approximate surface area is 241 Å². The SMILES string of the molecule is CCC(CC)NC1CCN(c2ccc(Nc3ncc(C(F)(F)F)c(N[C@@H]4CCC[C@@H]4C(=O)NC(C)C)n3)cc2)CC1. The van der Waals surface area contributed by atoms with Crippen LogP contribution >= 0.6 is 0 Å². The Morgan fingerprint density at radius 3 is 2.34 bits per heavy atom. The molecule has 4 N–H and O–H groups in total. The number of piperidine rings is 1. The van der Waals surface area contributed by atoms with E-state index in [1.54, 1.807) is 0 Å². The van der Waals surface area contributed by atoms with Crippen molar-refractivity contribution in [2.75, 3.05) is 28.6 Å². The highest BCUT2D eigenvalue weighted by molar-refractivity contribution is 5.80. The van der Waals surface area contributed by atoms with E-state index in [1.807, 2.05) is 38.1 Å². The van der Waals surface area contributed by atoms with E-state index < -0.39 is 23.7 Å². The number of benzene rings is 1. The second kappa shape index (κ2) is 13.7. The number of carbonyl (C=O) groups excluding carboxylic acids is 1. The van der Waals surface area contributed by atoms with Gasteiger partial charge in [0.25, 0.3) is 0 Å². The molecule has 41 heavy (non-hydrogen) atoms. The van der Waals surface area contributed by atoms with E-state index in [9.17, 15) is 18.0 Å². The molecule has 2 aromatic rings. The first-order chi connectivity index (χ1) is 19.6. The molecule has 0 radical (unpaired) electrons. The molecular formula is C30H44F3N7O. The summed E-state index contributed by atoms with van der Waals surface area (Å²) in [5, 5.41) is 12.6. The van der Waals surface area contributed by atoms with Gasteiger partial charge in [0.1, 0.15) is 11.4 Å². The lowest BCUT2D eigenvalue weighted by Crippen LogP contribution is -2.46. The molecule has 4 rings (SSSR count). The predicted molar refractivity (Wildman–Crippen MR) is 158 cm³/mol. The molecule has 1 aliphatic heterocycles. The van der Waals surface area contributed by atoms with Crippen LogP contribution in [0.2, 0.25) is 0 Å². The molecule has 1 aromatic heterocycles. The Balaban J connectivity index is 1.42. The summed E-state index contributed by atoms with van der Waals surface area (Å²) in [5.41, 5.74) is 0.842. The van der Waals surface area contributed by atoms with Crippen molar-refractivity contribution in [2.24, 2.45) is 5.92 Å². The van der Waals surface area contributed by atoms with Gasteiger partial charge in [0.05, 0.1) is 5.92 Å². The van der Waals surface area contributed by atoms with Gasteiger partial charge in [0, 0.05) is 54.8 Å². The van der Waals surface area contributed by atoms with Gasteiger partial charge in [0.2, 0.25) is 11.9 Å². The summed E-state index contributed by atoms with van der Waals surface area (Å²) >= 11 is 0. The topological polar surface area (TPSA) is 94.2 Å². The molecule has 1 aromatic carbocycles. The minimum Gasteiger partial charge on any atom is -0.371 e. The van der Waals surface area contributed by atoms with E-state index >= 15 is 0 Å². The zero-order valence-electron chi connectivity index (χ0n) is 24.5. The number of alkyl halides is 3. The van der Waals surface area contributed by atoms with E-state index in [0.717, 1.165) is 57.1 Å². The molecule has 1 amide bonds. The third kappa shape index (κ3) is 8.24. The number of halogens is 3. The van der Waals surface area contributed by atoms with Gasteiger partial charge >= 0.3 is 6.18 Å². The van der Waals surface area contributed by atoms with Crippen molar-refractivity contribution in [2.45, 2.75) is 103 Å². The largest absolute Gasteiger partial charge is 0.421 e. The number of nitrogens with zero attached hydrogens (tertiary/aromatic N) is 3. The first kappa shape index (κ1) is 30.9. The Morgan fingerprint density at radius 2 is 1.73 bits per heavy atom. The van der Waals surface area contributed by atoms with Crippen LogP contribution in [0.3, 0.4) is 0 Å². The summed E-state index contributed by atoms with van der Waals surface area (Å²) in [4.78, 5) is 23.2. The average molecular weight is 576 g/mol. The van der Waals surface area contributed by atoms with Crippen LogP contribution in [0.4, 0.5) is 36.3 Å². The lowest BCUT2D eigenvalue weighted by atomic mass is 10.0. The lowest BCUT2D eigenvalue weighted by molar-refractivity contribution is -0.137. The molecule has 1 saturated heterocycles. The number of nitrogens with one attached hydrogen (secondary N) is 4. The Kier molecular flexibility index (Phi) is 10.3. The molecule has 2 atom stereocenters. The van der Waals surface area contributed by atoms with Crippen molar-refractivity contribution in [3.05, 3.63) is 36.0 Å². The summed E-state index contributed by atoms with van der Waals surface area (Å²) in [7, 11) is 0. The van der Waals surface area contributed by atoms with Gasteiger partial charge in [-0.05, 0) is 76.6 Å². The van der Waals surface area contributed by atoms with Crippen molar-refractivity contribution in [1.29, 1.82) is 0 Å². The monoisotopic (exact) mass is 575 g/mol. The summed E-state index contributed by atoms with van der Waals surface area (Å²) < 4.78 is 41.5. The molecule has 1 saturated carbocycles. The molecular weight excluding hydrogens is 531 g/mol. The van der Waals surface area contributed by atoms with Gasteiger partial charge < -0.3 is 26.2 Å². The van der Waals surface area contributed by atoms with Crippen LogP contribution in [0.15, 0.2) is 30.5 Å². The molecule has 0 bridgehead atoms. The van der Waals surface area contributed by atoms with E-state index in [0.29, 0.717) is 30.6 Å². The van der Waals surface area contributed by atoms with Crippen LogP contribution in [-0.4, -0.2) is 53.1 Å². The maximum atomic E-state index is 13.8. The van der Waals surface area contributed by atoms with E-state index in [-0.39, 0.29) is 23.7 Å². The minimum atomic E-state index is -4.63. The van der Waals surface area contributed by atoms with Crippen LogP contribution < -0.4 is 26.2 Å². The highest BCUT2D eigenvalue weighted by Gasteiger charge is 2.39. The van der Waals surface area contributed by atoms with E-state index in [1.165, 1.54) is 0 Å². The molecule has 2 aliphatic rings. The highest BCUT2D eigenvalue weighted by Crippen LogP contribution is 2.37. The fourth-order valence-corrected chi connectivity index (χ4v) is 5.82. The van der Waals surface area contributed by atoms with Crippen LogP contribution in [-0.2, 0) is 11.0 Å². The quantitative estimate of drug-likeness (QED) is 0.258. The molecule has 226 valence electrons. The van der Waals surface area contributed by atoms with Crippen LogP contribution in [0.5, 0.6) is 0 Å². The van der Waals surface area contributed by atoms with E-state index in [2.05, 4.69) is 50.0 Å². The second-order valence-corrected chi connectivity index (χ2v) is 11.5. The lowest BCUT2D eigenvalue weighted by Gasteiger charge is -2.35.